The fourth-order valence-corrected chi connectivity index (χ4v) is 1.55. The summed E-state index contributed by atoms with van der Waals surface area (Å²) in [5, 5.41) is 2.46. The summed E-state index contributed by atoms with van der Waals surface area (Å²) >= 11 is 0. The van der Waals surface area contributed by atoms with Gasteiger partial charge < -0.3 is 11.1 Å². The second-order valence-corrected chi connectivity index (χ2v) is 3.53. The molecule has 5 heteroatoms. The Morgan fingerprint density at radius 2 is 2.18 bits per heavy atom. The minimum atomic E-state index is -2.35. The standard InChI is InChI=1S/C6H16N2O2S/c1-2-3-6(11(9)10)8-5-4-7/h6,8,11H,2-5,7H2,1H3. The zero-order chi connectivity index (χ0) is 8.69. The van der Waals surface area contributed by atoms with Gasteiger partial charge in [0.2, 0.25) is 0 Å². The topological polar surface area (TPSA) is 72.2 Å². The molecule has 0 fully saturated rings. The average Bonchev–Trinajstić information content (AvgIpc) is 1.97. The molecule has 0 aromatic carbocycles. The third kappa shape index (κ3) is 5.17. The van der Waals surface area contributed by atoms with Gasteiger partial charge in [-0.05, 0) is 6.42 Å². The molecule has 0 aliphatic rings. The van der Waals surface area contributed by atoms with E-state index in [0.29, 0.717) is 19.5 Å². The predicted molar refractivity (Wildman–Crippen MR) is 46.1 cm³/mol. The molecule has 0 aliphatic carbocycles. The van der Waals surface area contributed by atoms with Crippen LogP contribution in [0.1, 0.15) is 19.8 Å². The highest BCUT2D eigenvalue weighted by Gasteiger charge is 2.07. The highest BCUT2D eigenvalue weighted by Crippen LogP contribution is 1.95. The molecule has 3 N–H and O–H groups in total. The minimum Gasteiger partial charge on any atom is -0.329 e. The van der Waals surface area contributed by atoms with Gasteiger partial charge in [0.1, 0.15) is 5.37 Å². The molecule has 0 aromatic rings. The Kier molecular flexibility index (Phi) is 6.49. The van der Waals surface area contributed by atoms with Gasteiger partial charge in [-0.25, -0.2) is 8.42 Å². The molecular formula is C6H16N2O2S. The van der Waals surface area contributed by atoms with Crippen molar-refractivity contribution in [1.82, 2.24) is 5.32 Å². The predicted octanol–water partition coefficient (Wildman–Crippen LogP) is -0.728. The summed E-state index contributed by atoms with van der Waals surface area (Å²) in [6.07, 6.45) is 1.53. The number of nitrogens with one attached hydrogen (secondary N) is 1. The number of rotatable bonds is 6. The summed E-state index contributed by atoms with van der Waals surface area (Å²) < 4.78 is 21.1. The van der Waals surface area contributed by atoms with Crippen molar-refractivity contribution >= 4 is 10.7 Å². The van der Waals surface area contributed by atoms with Gasteiger partial charge in [-0.2, -0.15) is 0 Å². The second kappa shape index (κ2) is 6.57. The van der Waals surface area contributed by atoms with E-state index in [-0.39, 0.29) is 0 Å². The van der Waals surface area contributed by atoms with E-state index in [2.05, 4.69) is 5.32 Å². The molecular weight excluding hydrogens is 164 g/mol. The third-order valence-electron chi connectivity index (χ3n) is 1.34. The lowest BCUT2D eigenvalue weighted by Gasteiger charge is -2.09. The molecule has 0 saturated carbocycles. The zero-order valence-electron chi connectivity index (χ0n) is 6.75. The summed E-state index contributed by atoms with van der Waals surface area (Å²) in [6.45, 7) is 2.99. The van der Waals surface area contributed by atoms with Crippen LogP contribution in [0.3, 0.4) is 0 Å². The van der Waals surface area contributed by atoms with E-state index in [1.807, 2.05) is 6.92 Å². The van der Waals surface area contributed by atoms with Crippen LogP contribution >= 0.6 is 0 Å². The SMILES string of the molecule is CCCC(NCCN)[SH](=O)=O. The maximum absolute atomic E-state index is 10.5. The monoisotopic (exact) mass is 180 g/mol. The molecule has 4 nitrogen and oxygen atoms in total. The van der Waals surface area contributed by atoms with E-state index in [1.165, 1.54) is 0 Å². The fraction of sp³-hybridized carbons (Fsp3) is 1.00. The van der Waals surface area contributed by atoms with Crippen molar-refractivity contribution in [3.8, 4) is 0 Å². The maximum Gasteiger partial charge on any atom is 0.156 e. The maximum atomic E-state index is 10.5. The van der Waals surface area contributed by atoms with E-state index >= 15 is 0 Å². The number of hydrogen-bond acceptors (Lipinski definition) is 4. The van der Waals surface area contributed by atoms with Crippen LogP contribution in [0.2, 0.25) is 0 Å². The first-order chi connectivity index (χ1) is 5.22. The molecule has 11 heavy (non-hydrogen) atoms. The van der Waals surface area contributed by atoms with Crippen LogP contribution in [0.25, 0.3) is 0 Å². The summed E-state index contributed by atoms with van der Waals surface area (Å²) in [5.74, 6) is 0. The first kappa shape index (κ1) is 10.9. The molecule has 0 saturated heterocycles. The fourth-order valence-electron chi connectivity index (χ4n) is 0.805. The van der Waals surface area contributed by atoms with Gasteiger partial charge in [-0.3, -0.25) is 0 Å². The van der Waals surface area contributed by atoms with Gasteiger partial charge in [0.25, 0.3) is 0 Å². The van der Waals surface area contributed by atoms with Gasteiger partial charge in [0.15, 0.2) is 10.7 Å². The van der Waals surface area contributed by atoms with Crippen molar-refractivity contribution in [2.75, 3.05) is 13.1 Å². The third-order valence-corrected chi connectivity index (χ3v) is 2.29. The Morgan fingerprint density at radius 1 is 1.55 bits per heavy atom. The number of thiol groups is 1. The Hall–Kier alpha value is -0.130. The Labute approximate surface area is 69.1 Å². The van der Waals surface area contributed by atoms with Crippen LogP contribution in [-0.4, -0.2) is 26.9 Å². The highest BCUT2D eigenvalue weighted by atomic mass is 32.2. The lowest BCUT2D eigenvalue weighted by molar-refractivity contribution is 0.546. The van der Waals surface area contributed by atoms with Gasteiger partial charge in [0, 0.05) is 13.1 Å². The zero-order valence-corrected chi connectivity index (χ0v) is 7.64. The van der Waals surface area contributed by atoms with Crippen molar-refractivity contribution < 1.29 is 8.42 Å². The van der Waals surface area contributed by atoms with Crippen LogP contribution in [0.5, 0.6) is 0 Å². The van der Waals surface area contributed by atoms with Crippen molar-refractivity contribution in [2.45, 2.75) is 25.1 Å². The second-order valence-electron chi connectivity index (χ2n) is 2.33. The summed E-state index contributed by atoms with van der Waals surface area (Å²) in [4.78, 5) is 0. The molecule has 0 radical (unpaired) electrons. The van der Waals surface area contributed by atoms with Gasteiger partial charge in [-0.1, -0.05) is 13.3 Å². The van der Waals surface area contributed by atoms with E-state index in [4.69, 9.17) is 5.73 Å². The van der Waals surface area contributed by atoms with Crippen LogP contribution < -0.4 is 11.1 Å². The van der Waals surface area contributed by atoms with Crippen molar-refractivity contribution in [3.05, 3.63) is 0 Å². The summed E-state index contributed by atoms with van der Waals surface area (Å²) in [6, 6.07) is 0. The number of nitrogens with two attached hydrogens (primary N) is 1. The molecule has 1 atom stereocenters. The van der Waals surface area contributed by atoms with E-state index in [1.54, 1.807) is 0 Å². The van der Waals surface area contributed by atoms with E-state index < -0.39 is 16.1 Å². The van der Waals surface area contributed by atoms with Gasteiger partial charge in [0.05, 0.1) is 0 Å². The first-order valence-corrected chi connectivity index (χ1v) is 5.04. The van der Waals surface area contributed by atoms with Crippen LogP contribution in [-0.2, 0) is 10.7 Å². The summed E-state index contributed by atoms with van der Waals surface area (Å²) in [7, 11) is -2.35. The molecule has 0 aliphatic heterocycles. The average molecular weight is 180 g/mol. The molecule has 1 unspecified atom stereocenters. The Bertz CT molecular complexity index is 151. The van der Waals surface area contributed by atoms with Crippen molar-refractivity contribution in [1.29, 1.82) is 0 Å². The molecule has 68 valence electrons. The molecule has 0 heterocycles. The number of hydrogen-bond donors (Lipinski definition) is 3. The Balaban J connectivity index is 3.70. The smallest absolute Gasteiger partial charge is 0.156 e. The van der Waals surface area contributed by atoms with Crippen LogP contribution in [0.15, 0.2) is 0 Å². The first-order valence-electron chi connectivity index (χ1n) is 3.79. The lowest BCUT2D eigenvalue weighted by atomic mass is 10.3. The summed E-state index contributed by atoms with van der Waals surface area (Å²) in [5.41, 5.74) is 5.21. The van der Waals surface area contributed by atoms with Gasteiger partial charge in [-0.15, -0.1) is 0 Å². The highest BCUT2D eigenvalue weighted by molar-refractivity contribution is 7.73. The molecule has 0 aromatic heterocycles. The lowest BCUT2D eigenvalue weighted by Crippen LogP contribution is -2.34. The van der Waals surface area contributed by atoms with Crippen LogP contribution in [0, 0.1) is 0 Å². The molecule has 0 rings (SSSR count). The van der Waals surface area contributed by atoms with Gasteiger partial charge >= 0.3 is 0 Å². The minimum absolute atomic E-state index is 0.390. The normalized spacial score (nSPS) is 13.7. The van der Waals surface area contributed by atoms with Crippen LogP contribution in [0.4, 0.5) is 0 Å². The molecule has 0 spiro atoms. The van der Waals surface area contributed by atoms with Crippen molar-refractivity contribution in [3.63, 3.8) is 0 Å². The largest absolute Gasteiger partial charge is 0.329 e. The molecule has 0 amide bonds. The van der Waals surface area contributed by atoms with E-state index in [0.717, 1.165) is 6.42 Å². The molecule has 0 bridgehead atoms. The quantitative estimate of drug-likeness (QED) is 0.471. The van der Waals surface area contributed by atoms with Crippen molar-refractivity contribution in [2.24, 2.45) is 5.73 Å². The van der Waals surface area contributed by atoms with E-state index in [9.17, 15) is 8.42 Å². The Morgan fingerprint density at radius 3 is 2.55 bits per heavy atom.